The van der Waals surface area contributed by atoms with Crippen molar-refractivity contribution in [2.45, 2.75) is 0 Å². The number of piperazine rings is 1. The number of hydrogen-bond donors (Lipinski definition) is 1. The van der Waals surface area contributed by atoms with E-state index in [1.807, 2.05) is 48.8 Å². The highest BCUT2D eigenvalue weighted by Gasteiger charge is 2.19. The second-order valence-electron chi connectivity index (χ2n) is 5.89. The molecule has 126 valence electrons. The zero-order chi connectivity index (χ0) is 17.1. The molecule has 3 heterocycles. The van der Waals surface area contributed by atoms with Gasteiger partial charge in [-0.3, -0.25) is 0 Å². The highest BCUT2D eigenvalue weighted by molar-refractivity contribution is 7.80. The summed E-state index contributed by atoms with van der Waals surface area (Å²) in [4.78, 5) is 17.2. The Balaban J connectivity index is 1.38. The van der Waals surface area contributed by atoms with Gasteiger partial charge in [-0.05, 0) is 42.5 Å². The predicted molar refractivity (Wildman–Crippen MR) is 104 cm³/mol. The van der Waals surface area contributed by atoms with Gasteiger partial charge in [-0.2, -0.15) is 0 Å². The molecular weight excluding hydrogens is 332 g/mol. The normalized spacial score (nSPS) is 14.6. The maximum absolute atomic E-state index is 5.58. The molecule has 1 aromatic carbocycles. The van der Waals surface area contributed by atoms with E-state index in [1.54, 1.807) is 6.33 Å². The second-order valence-corrected chi connectivity index (χ2v) is 6.28. The van der Waals surface area contributed by atoms with E-state index in [0.29, 0.717) is 0 Å². The Morgan fingerprint density at radius 3 is 2.72 bits per heavy atom. The number of thiocarbonyl (C=S) groups is 1. The lowest BCUT2D eigenvalue weighted by molar-refractivity contribution is 0.389. The van der Waals surface area contributed by atoms with Gasteiger partial charge in [0.15, 0.2) is 5.11 Å². The first kappa shape index (κ1) is 15.7. The maximum Gasteiger partial charge on any atom is 0.173 e. The fourth-order valence-electron chi connectivity index (χ4n) is 2.94. The first-order valence-corrected chi connectivity index (χ1v) is 8.62. The first-order valence-electron chi connectivity index (χ1n) is 8.21. The summed E-state index contributed by atoms with van der Waals surface area (Å²) < 4.78 is 0. The summed E-state index contributed by atoms with van der Waals surface area (Å²) in [5, 5.41) is 5.07. The number of nitrogens with one attached hydrogen (secondary N) is 1. The summed E-state index contributed by atoms with van der Waals surface area (Å²) in [5.74, 6) is 1.02. The Kier molecular flexibility index (Phi) is 4.39. The summed E-state index contributed by atoms with van der Waals surface area (Å²) in [6.45, 7) is 3.56. The van der Waals surface area contributed by atoms with Crippen molar-refractivity contribution >= 4 is 39.7 Å². The SMILES string of the molecule is S=C(Nc1ccc2ncncc2c1)N1CCN(c2ccccn2)CC1. The summed E-state index contributed by atoms with van der Waals surface area (Å²) in [7, 11) is 0. The molecule has 2 aromatic heterocycles. The molecule has 0 amide bonds. The molecule has 1 saturated heterocycles. The van der Waals surface area contributed by atoms with Crippen LogP contribution in [0, 0.1) is 0 Å². The van der Waals surface area contributed by atoms with Crippen LogP contribution in [0.2, 0.25) is 0 Å². The van der Waals surface area contributed by atoms with Gasteiger partial charge in [0, 0.05) is 49.6 Å². The van der Waals surface area contributed by atoms with E-state index in [4.69, 9.17) is 12.2 Å². The minimum Gasteiger partial charge on any atom is -0.353 e. The molecule has 1 aliphatic heterocycles. The molecule has 0 aliphatic carbocycles. The molecule has 0 spiro atoms. The number of aromatic nitrogens is 3. The summed E-state index contributed by atoms with van der Waals surface area (Å²) in [6, 6.07) is 12.0. The van der Waals surface area contributed by atoms with Crippen molar-refractivity contribution in [3.8, 4) is 0 Å². The first-order chi connectivity index (χ1) is 12.3. The highest BCUT2D eigenvalue weighted by Crippen LogP contribution is 2.18. The van der Waals surface area contributed by atoms with Gasteiger partial charge in [0.2, 0.25) is 0 Å². The number of nitrogens with zero attached hydrogens (tertiary/aromatic N) is 5. The lowest BCUT2D eigenvalue weighted by atomic mass is 10.2. The number of benzene rings is 1. The van der Waals surface area contributed by atoms with Gasteiger partial charge in [-0.25, -0.2) is 15.0 Å². The third-order valence-corrected chi connectivity index (χ3v) is 4.66. The van der Waals surface area contributed by atoms with Gasteiger partial charge in [-0.1, -0.05) is 6.07 Å². The maximum atomic E-state index is 5.58. The molecular formula is C18H18N6S. The third-order valence-electron chi connectivity index (χ3n) is 4.30. The van der Waals surface area contributed by atoms with Crippen LogP contribution in [0.15, 0.2) is 55.1 Å². The molecule has 0 bridgehead atoms. The van der Waals surface area contributed by atoms with Gasteiger partial charge in [0.1, 0.15) is 12.1 Å². The van der Waals surface area contributed by atoms with Crippen LogP contribution in [0.5, 0.6) is 0 Å². The van der Waals surface area contributed by atoms with E-state index in [2.05, 4.69) is 30.1 Å². The van der Waals surface area contributed by atoms with Crippen LogP contribution in [-0.4, -0.2) is 51.1 Å². The van der Waals surface area contributed by atoms with Crippen LogP contribution in [0.25, 0.3) is 10.9 Å². The van der Waals surface area contributed by atoms with Crippen molar-refractivity contribution in [3.05, 3.63) is 55.1 Å². The van der Waals surface area contributed by atoms with Crippen LogP contribution in [0.1, 0.15) is 0 Å². The molecule has 1 fully saturated rings. The number of anilines is 2. The van der Waals surface area contributed by atoms with E-state index < -0.39 is 0 Å². The average molecular weight is 350 g/mol. The van der Waals surface area contributed by atoms with Crippen LogP contribution in [-0.2, 0) is 0 Å². The highest BCUT2D eigenvalue weighted by atomic mass is 32.1. The van der Waals surface area contributed by atoms with E-state index in [1.165, 1.54) is 0 Å². The topological polar surface area (TPSA) is 57.2 Å². The number of hydrogen-bond acceptors (Lipinski definition) is 5. The molecule has 0 atom stereocenters. The average Bonchev–Trinajstić information content (AvgIpc) is 2.69. The Morgan fingerprint density at radius 1 is 1.04 bits per heavy atom. The van der Waals surface area contributed by atoms with Crippen molar-refractivity contribution in [1.82, 2.24) is 19.9 Å². The Labute approximate surface area is 151 Å². The van der Waals surface area contributed by atoms with Crippen LogP contribution < -0.4 is 10.2 Å². The van der Waals surface area contributed by atoms with Gasteiger partial charge in [0.25, 0.3) is 0 Å². The molecule has 0 saturated carbocycles. The quantitative estimate of drug-likeness (QED) is 0.713. The van der Waals surface area contributed by atoms with Gasteiger partial charge in [0.05, 0.1) is 5.52 Å². The molecule has 7 heteroatoms. The van der Waals surface area contributed by atoms with Crippen molar-refractivity contribution in [1.29, 1.82) is 0 Å². The molecule has 1 N–H and O–H groups in total. The molecule has 3 aromatic rings. The van der Waals surface area contributed by atoms with Gasteiger partial charge >= 0.3 is 0 Å². The van der Waals surface area contributed by atoms with Gasteiger partial charge in [-0.15, -0.1) is 0 Å². The van der Waals surface area contributed by atoms with E-state index in [0.717, 1.165) is 53.7 Å². The van der Waals surface area contributed by atoms with Crippen molar-refractivity contribution in [3.63, 3.8) is 0 Å². The smallest absolute Gasteiger partial charge is 0.173 e. The number of fused-ring (bicyclic) bond motifs is 1. The Bertz CT molecular complexity index is 877. The molecule has 6 nitrogen and oxygen atoms in total. The van der Waals surface area contributed by atoms with Crippen molar-refractivity contribution < 1.29 is 0 Å². The minimum atomic E-state index is 0.747. The Hall–Kier alpha value is -2.80. The predicted octanol–water partition coefficient (Wildman–Crippen LogP) is 2.54. The van der Waals surface area contributed by atoms with Crippen molar-refractivity contribution in [2.24, 2.45) is 0 Å². The number of rotatable bonds is 2. The van der Waals surface area contributed by atoms with Crippen molar-refractivity contribution in [2.75, 3.05) is 36.4 Å². The summed E-state index contributed by atoms with van der Waals surface area (Å²) >= 11 is 5.58. The zero-order valence-electron chi connectivity index (χ0n) is 13.7. The minimum absolute atomic E-state index is 0.747. The van der Waals surface area contributed by atoms with Gasteiger partial charge < -0.3 is 15.1 Å². The summed E-state index contributed by atoms with van der Waals surface area (Å²) in [5.41, 5.74) is 1.88. The lowest BCUT2D eigenvalue weighted by Crippen LogP contribution is -2.50. The lowest BCUT2D eigenvalue weighted by Gasteiger charge is -2.36. The molecule has 1 aliphatic rings. The van der Waals surface area contributed by atoms with E-state index in [9.17, 15) is 0 Å². The molecule has 25 heavy (non-hydrogen) atoms. The standard InChI is InChI=1S/C18H18N6S/c25-18(22-15-4-5-16-14(11-15)12-19-13-21-16)24-9-7-23(8-10-24)17-3-1-2-6-20-17/h1-6,11-13H,7-10H2,(H,22,25). The second kappa shape index (κ2) is 6.98. The Morgan fingerprint density at radius 2 is 1.92 bits per heavy atom. The van der Waals surface area contributed by atoms with Crippen LogP contribution in [0.3, 0.4) is 0 Å². The fraction of sp³-hybridized carbons (Fsp3) is 0.222. The molecule has 0 unspecified atom stereocenters. The third kappa shape index (κ3) is 3.51. The summed E-state index contributed by atoms with van der Waals surface area (Å²) in [6.07, 6.45) is 5.20. The van der Waals surface area contributed by atoms with E-state index >= 15 is 0 Å². The largest absolute Gasteiger partial charge is 0.353 e. The molecule has 0 radical (unpaired) electrons. The molecule has 4 rings (SSSR count). The fourth-order valence-corrected chi connectivity index (χ4v) is 3.24. The van der Waals surface area contributed by atoms with E-state index in [-0.39, 0.29) is 0 Å². The zero-order valence-corrected chi connectivity index (χ0v) is 14.5. The van der Waals surface area contributed by atoms with Crippen LogP contribution in [0.4, 0.5) is 11.5 Å². The monoisotopic (exact) mass is 350 g/mol. The number of pyridine rings is 1. The van der Waals surface area contributed by atoms with Crippen LogP contribution >= 0.6 is 12.2 Å².